The fourth-order valence-electron chi connectivity index (χ4n) is 3.12. The first-order valence-corrected chi connectivity index (χ1v) is 10.2. The van der Waals surface area contributed by atoms with E-state index in [1.165, 1.54) is 6.07 Å². The normalized spacial score (nSPS) is 11.5. The molecule has 6 heteroatoms. The highest BCUT2D eigenvalue weighted by Crippen LogP contribution is 2.26. The largest absolute Gasteiger partial charge is 0.361 e. The summed E-state index contributed by atoms with van der Waals surface area (Å²) in [7, 11) is -3.73. The molecule has 0 aliphatic rings. The third-order valence-corrected chi connectivity index (χ3v) is 5.89. The molecule has 4 aromatic rings. The van der Waals surface area contributed by atoms with Gasteiger partial charge in [-0.2, -0.15) is 0 Å². The van der Waals surface area contributed by atoms with E-state index in [0.717, 1.165) is 22.2 Å². The molecule has 4 rings (SSSR count). The van der Waals surface area contributed by atoms with Gasteiger partial charge in [-0.1, -0.05) is 30.3 Å². The molecule has 0 bridgehead atoms. The second-order valence-electron chi connectivity index (χ2n) is 6.61. The highest BCUT2D eigenvalue weighted by molar-refractivity contribution is 7.92. The van der Waals surface area contributed by atoms with Gasteiger partial charge in [-0.25, -0.2) is 8.42 Å². The molecule has 0 aliphatic heterocycles. The number of hydrogen-bond donors (Lipinski definition) is 2. The molecule has 1 heterocycles. The minimum absolute atomic E-state index is 0.0829. The van der Waals surface area contributed by atoms with Crippen LogP contribution in [-0.4, -0.2) is 13.4 Å². The molecule has 3 aromatic carbocycles. The van der Waals surface area contributed by atoms with Crippen molar-refractivity contribution in [3.63, 3.8) is 0 Å². The molecule has 1 aromatic heterocycles. The van der Waals surface area contributed by atoms with Gasteiger partial charge in [0.1, 0.15) is 0 Å². The monoisotopic (exact) mass is 390 g/mol. The molecule has 5 nitrogen and oxygen atoms in total. The highest BCUT2D eigenvalue weighted by Gasteiger charge is 2.15. The molecule has 0 spiro atoms. The van der Waals surface area contributed by atoms with Gasteiger partial charge in [0.15, 0.2) is 5.43 Å². The van der Waals surface area contributed by atoms with Crippen LogP contribution in [0.4, 0.5) is 5.69 Å². The second kappa shape index (κ2) is 6.98. The van der Waals surface area contributed by atoms with E-state index >= 15 is 0 Å². The molecule has 0 atom stereocenters. The summed E-state index contributed by atoms with van der Waals surface area (Å²) in [6, 6.07) is 20.8. The lowest BCUT2D eigenvalue weighted by Gasteiger charge is -2.10. The van der Waals surface area contributed by atoms with Crippen LogP contribution in [0, 0.1) is 6.92 Å². The van der Waals surface area contributed by atoms with Gasteiger partial charge in [0.2, 0.25) is 0 Å². The smallest absolute Gasteiger partial charge is 0.261 e. The number of nitrogens with one attached hydrogen (secondary N) is 2. The summed E-state index contributed by atoms with van der Waals surface area (Å²) < 4.78 is 28.2. The van der Waals surface area contributed by atoms with Crippen LogP contribution in [0.5, 0.6) is 0 Å². The molecule has 0 amide bonds. The third-order valence-electron chi connectivity index (χ3n) is 4.51. The SMILES string of the molecule is Cc1cccc(NS(=O)(=O)c2cccc(-c3ccc4[nH]ccc(=O)c4c3)c2)c1. The Morgan fingerprint density at radius 2 is 1.64 bits per heavy atom. The Kier molecular flexibility index (Phi) is 4.49. The number of fused-ring (bicyclic) bond motifs is 1. The molecular formula is C22H18N2O3S. The number of benzene rings is 3. The van der Waals surface area contributed by atoms with E-state index < -0.39 is 10.0 Å². The standard InChI is InChI=1S/C22H18N2O3S/c1-15-4-2-6-18(12-15)24-28(26,27)19-7-3-5-16(13-19)17-8-9-21-20(14-17)22(25)10-11-23-21/h2-14,24H,1H3,(H,23,25). The fraction of sp³-hybridized carbons (Fsp3) is 0.0455. The lowest BCUT2D eigenvalue weighted by Crippen LogP contribution is -2.13. The average molecular weight is 390 g/mol. The maximum atomic E-state index is 12.8. The van der Waals surface area contributed by atoms with Gasteiger partial charge in [-0.05, 0) is 60.0 Å². The summed E-state index contributed by atoms with van der Waals surface area (Å²) >= 11 is 0. The van der Waals surface area contributed by atoms with Crippen LogP contribution in [0.15, 0.2) is 88.7 Å². The van der Waals surface area contributed by atoms with Gasteiger partial charge >= 0.3 is 0 Å². The molecule has 0 radical (unpaired) electrons. The Morgan fingerprint density at radius 3 is 2.46 bits per heavy atom. The molecule has 0 unspecified atom stereocenters. The topological polar surface area (TPSA) is 79.0 Å². The van der Waals surface area contributed by atoms with E-state index in [-0.39, 0.29) is 10.3 Å². The van der Waals surface area contributed by atoms with E-state index in [9.17, 15) is 13.2 Å². The predicted molar refractivity (Wildman–Crippen MR) is 112 cm³/mol. The minimum Gasteiger partial charge on any atom is -0.361 e. The number of hydrogen-bond acceptors (Lipinski definition) is 3. The maximum Gasteiger partial charge on any atom is 0.261 e. The van der Waals surface area contributed by atoms with Crippen LogP contribution in [0.1, 0.15) is 5.56 Å². The molecule has 0 aliphatic carbocycles. The van der Waals surface area contributed by atoms with Gasteiger partial charge in [0.25, 0.3) is 10.0 Å². The van der Waals surface area contributed by atoms with Gasteiger partial charge in [0.05, 0.1) is 4.90 Å². The zero-order valence-corrected chi connectivity index (χ0v) is 16.0. The Bertz CT molecular complexity index is 1340. The van der Waals surface area contributed by atoms with Gasteiger partial charge in [0, 0.05) is 28.9 Å². The first kappa shape index (κ1) is 18.0. The fourth-order valence-corrected chi connectivity index (χ4v) is 4.21. The molecule has 0 fully saturated rings. The molecule has 0 saturated carbocycles. The zero-order chi connectivity index (χ0) is 19.7. The van der Waals surface area contributed by atoms with Crippen molar-refractivity contribution >= 4 is 26.6 Å². The van der Waals surface area contributed by atoms with E-state index in [2.05, 4.69) is 9.71 Å². The van der Waals surface area contributed by atoms with Crippen molar-refractivity contribution in [2.24, 2.45) is 0 Å². The van der Waals surface area contributed by atoms with E-state index in [1.807, 2.05) is 31.2 Å². The number of aryl methyl sites for hydroxylation is 1. The van der Waals surface area contributed by atoms with Gasteiger partial charge in [-0.15, -0.1) is 0 Å². The van der Waals surface area contributed by atoms with E-state index in [4.69, 9.17) is 0 Å². The first-order chi connectivity index (χ1) is 13.4. The van der Waals surface area contributed by atoms with Crippen molar-refractivity contribution in [2.75, 3.05) is 4.72 Å². The number of pyridine rings is 1. The number of rotatable bonds is 4. The maximum absolute atomic E-state index is 12.8. The summed E-state index contributed by atoms with van der Waals surface area (Å²) in [6.45, 7) is 1.90. The van der Waals surface area contributed by atoms with Crippen molar-refractivity contribution in [1.29, 1.82) is 0 Å². The average Bonchev–Trinajstić information content (AvgIpc) is 2.68. The van der Waals surface area contributed by atoms with Crippen molar-refractivity contribution in [1.82, 2.24) is 4.98 Å². The molecule has 0 saturated heterocycles. The van der Waals surface area contributed by atoms with Crippen LogP contribution >= 0.6 is 0 Å². The summed E-state index contributed by atoms with van der Waals surface area (Å²) in [6.07, 6.45) is 1.61. The first-order valence-electron chi connectivity index (χ1n) is 8.74. The van der Waals surface area contributed by atoms with E-state index in [1.54, 1.807) is 48.7 Å². The summed E-state index contributed by atoms with van der Waals surface area (Å²) in [5.74, 6) is 0. The van der Waals surface area contributed by atoms with Crippen molar-refractivity contribution < 1.29 is 8.42 Å². The third kappa shape index (κ3) is 3.54. The number of anilines is 1. The van der Waals surface area contributed by atoms with Crippen molar-refractivity contribution in [3.05, 3.63) is 94.8 Å². The molecule has 28 heavy (non-hydrogen) atoms. The van der Waals surface area contributed by atoms with Gasteiger partial charge < -0.3 is 4.98 Å². The van der Waals surface area contributed by atoms with Crippen LogP contribution in [-0.2, 0) is 10.0 Å². The number of H-pyrrole nitrogens is 1. The summed E-state index contributed by atoms with van der Waals surface area (Å²) in [4.78, 5) is 15.3. The predicted octanol–water partition coefficient (Wildman–Crippen LogP) is 4.30. The second-order valence-corrected chi connectivity index (χ2v) is 8.29. The number of sulfonamides is 1. The Balaban J connectivity index is 1.73. The lowest BCUT2D eigenvalue weighted by molar-refractivity contribution is 0.601. The molecular weight excluding hydrogens is 372 g/mol. The summed E-state index contributed by atoms with van der Waals surface area (Å²) in [5, 5.41) is 0.561. The van der Waals surface area contributed by atoms with Crippen LogP contribution < -0.4 is 10.2 Å². The zero-order valence-electron chi connectivity index (χ0n) is 15.1. The Hall–Kier alpha value is -3.38. The number of aromatic amines is 1. The number of aromatic nitrogens is 1. The van der Waals surface area contributed by atoms with Crippen molar-refractivity contribution in [3.8, 4) is 11.1 Å². The van der Waals surface area contributed by atoms with E-state index in [0.29, 0.717) is 11.1 Å². The quantitative estimate of drug-likeness (QED) is 0.545. The minimum atomic E-state index is -3.73. The van der Waals surface area contributed by atoms with Crippen molar-refractivity contribution in [2.45, 2.75) is 11.8 Å². The van der Waals surface area contributed by atoms with Gasteiger partial charge in [-0.3, -0.25) is 9.52 Å². The highest BCUT2D eigenvalue weighted by atomic mass is 32.2. The Morgan fingerprint density at radius 1 is 0.857 bits per heavy atom. The van der Waals surface area contributed by atoms with Crippen LogP contribution in [0.3, 0.4) is 0 Å². The summed E-state index contributed by atoms with van der Waals surface area (Å²) in [5.41, 5.74) is 3.63. The van der Waals surface area contributed by atoms with Crippen LogP contribution in [0.25, 0.3) is 22.0 Å². The van der Waals surface area contributed by atoms with Crippen LogP contribution in [0.2, 0.25) is 0 Å². The molecule has 140 valence electrons. The molecule has 2 N–H and O–H groups in total. The lowest BCUT2D eigenvalue weighted by atomic mass is 10.0. The Labute approximate surface area is 162 Å².